The fraction of sp³-hybridized carbons (Fsp3) is 0.500. The molecule has 0 bridgehead atoms. The number of fused-ring (bicyclic) bond motifs is 1. The average molecular weight is 583 g/mol. The van der Waals surface area contributed by atoms with Crippen LogP contribution < -0.4 is 10.1 Å². The first-order valence-corrected chi connectivity index (χ1v) is 13.5. The maximum absolute atomic E-state index is 13.5. The van der Waals surface area contributed by atoms with E-state index in [1.54, 1.807) is 14.0 Å². The number of allylic oxidation sites excluding steroid dienone is 1. The second-order valence-electron chi connectivity index (χ2n) is 11.8. The zero-order valence-electron chi connectivity index (χ0n) is 23.2. The Balaban J connectivity index is 1.52. The van der Waals surface area contributed by atoms with Crippen molar-refractivity contribution in [3.8, 4) is 5.75 Å². The van der Waals surface area contributed by atoms with Crippen LogP contribution in [0.1, 0.15) is 74.0 Å². The van der Waals surface area contributed by atoms with Crippen LogP contribution in [0.3, 0.4) is 0 Å². The van der Waals surface area contributed by atoms with Crippen LogP contribution in [0.2, 0.25) is 0 Å². The van der Waals surface area contributed by atoms with E-state index in [4.69, 9.17) is 9.47 Å². The van der Waals surface area contributed by atoms with Crippen LogP contribution in [0.4, 0.5) is 36.8 Å². The summed E-state index contributed by atoms with van der Waals surface area (Å²) in [6, 6.07) is 4.60. The highest BCUT2D eigenvalue weighted by Gasteiger charge is 2.44. The van der Waals surface area contributed by atoms with Gasteiger partial charge in [0.1, 0.15) is 11.9 Å². The largest absolute Gasteiger partial charge is 0.496 e. The number of cyclic esters (lactones) is 1. The Labute approximate surface area is 234 Å². The fourth-order valence-electron chi connectivity index (χ4n) is 6.13. The minimum atomic E-state index is -5.00. The number of carbonyl (C=O) groups excluding carboxylic acids is 1. The van der Waals surface area contributed by atoms with E-state index in [0.717, 1.165) is 59.5 Å². The van der Waals surface area contributed by atoms with Gasteiger partial charge < -0.3 is 14.8 Å². The molecule has 11 heteroatoms. The zero-order chi connectivity index (χ0) is 29.9. The number of hydrogen-bond donors (Lipinski definition) is 1. The molecule has 3 aliphatic rings. The lowest BCUT2D eigenvalue weighted by molar-refractivity contribution is -0.143. The molecule has 2 heterocycles. The Morgan fingerprint density at radius 2 is 1.68 bits per heavy atom. The van der Waals surface area contributed by atoms with E-state index in [0.29, 0.717) is 18.6 Å². The number of hydrogen-bond acceptors (Lipinski definition) is 4. The summed E-state index contributed by atoms with van der Waals surface area (Å²) >= 11 is 0. The maximum atomic E-state index is 13.5. The molecule has 1 fully saturated rings. The number of methoxy groups -OCH3 is 1. The molecule has 2 aliphatic heterocycles. The van der Waals surface area contributed by atoms with Crippen molar-refractivity contribution in [2.45, 2.75) is 71.0 Å². The predicted octanol–water partition coefficient (Wildman–Crippen LogP) is 8.25. The maximum Gasteiger partial charge on any atom is 0.416 e. The van der Waals surface area contributed by atoms with Gasteiger partial charge in [0.25, 0.3) is 0 Å². The van der Waals surface area contributed by atoms with E-state index in [2.05, 4.69) is 25.2 Å². The number of anilines is 1. The van der Waals surface area contributed by atoms with Crippen molar-refractivity contribution >= 4 is 17.4 Å². The SMILES string of the molecule is COc1cc2c(cc1C1=C(CN3C(=O)O[C@H](c4cc(C(F)(F)F)cc(C(F)(F)F)c4)[C@@H]3C)CC(C)(C)CC1)NCC2. The molecule has 1 saturated heterocycles. The topological polar surface area (TPSA) is 50.8 Å². The van der Waals surface area contributed by atoms with Crippen molar-refractivity contribution in [2.75, 3.05) is 25.5 Å². The van der Waals surface area contributed by atoms with Gasteiger partial charge in [-0.2, -0.15) is 26.3 Å². The first-order valence-electron chi connectivity index (χ1n) is 13.5. The van der Waals surface area contributed by atoms with E-state index in [1.165, 1.54) is 4.90 Å². The van der Waals surface area contributed by atoms with Crippen LogP contribution in [0.5, 0.6) is 5.75 Å². The summed E-state index contributed by atoms with van der Waals surface area (Å²) in [5, 5.41) is 3.38. The van der Waals surface area contributed by atoms with E-state index >= 15 is 0 Å². The first-order chi connectivity index (χ1) is 19.1. The molecule has 1 aliphatic carbocycles. The molecular formula is C30H32F6N2O3. The second kappa shape index (κ2) is 10.2. The molecule has 2 atom stereocenters. The molecule has 0 saturated carbocycles. The van der Waals surface area contributed by atoms with E-state index in [9.17, 15) is 31.1 Å². The Hall–Kier alpha value is -3.37. The molecule has 1 amide bonds. The van der Waals surface area contributed by atoms with Crippen molar-refractivity contribution in [3.63, 3.8) is 0 Å². The van der Waals surface area contributed by atoms with Crippen LogP contribution in [0.15, 0.2) is 35.9 Å². The lowest BCUT2D eigenvalue weighted by atomic mass is 9.72. The molecule has 5 nitrogen and oxygen atoms in total. The van der Waals surface area contributed by atoms with Gasteiger partial charge in [0, 0.05) is 24.3 Å². The molecule has 2 aromatic carbocycles. The van der Waals surface area contributed by atoms with Crippen molar-refractivity contribution in [2.24, 2.45) is 5.41 Å². The molecule has 0 unspecified atom stereocenters. The molecule has 0 radical (unpaired) electrons. The van der Waals surface area contributed by atoms with E-state index in [-0.39, 0.29) is 23.6 Å². The normalized spacial score (nSPS) is 22.5. The number of carbonyl (C=O) groups is 1. The van der Waals surface area contributed by atoms with Gasteiger partial charge in [-0.1, -0.05) is 13.8 Å². The summed E-state index contributed by atoms with van der Waals surface area (Å²) in [7, 11) is 1.61. The summed E-state index contributed by atoms with van der Waals surface area (Å²) < 4.78 is 92.2. The van der Waals surface area contributed by atoms with Gasteiger partial charge in [0.15, 0.2) is 0 Å². The summed E-state index contributed by atoms with van der Waals surface area (Å²) in [5.74, 6) is 0.721. The second-order valence-corrected chi connectivity index (χ2v) is 11.8. The monoisotopic (exact) mass is 582 g/mol. The molecule has 41 heavy (non-hydrogen) atoms. The average Bonchev–Trinajstić information content (AvgIpc) is 3.45. The lowest BCUT2D eigenvalue weighted by Crippen LogP contribution is -2.35. The number of amides is 1. The van der Waals surface area contributed by atoms with Crippen LogP contribution in [-0.2, 0) is 23.5 Å². The van der Waals surface area contributed by atoms with Crippen LogP contribution in [-0.4, -0.2) is 37.2 Å². The van der Waals surface area contributed by atoms with Crippen LogP contribution >= 0.6 is 0 Å². The van der Waals surface area contributed by atoms with Gasteiger partial charge in [0.05, 0.1) is 24.3 Å². The zero-order valence-corrected chi connectivity index (χ0v) is 23.2. The standard InChI is InChI=1S/C30H32F6N2O3/c1-16-26(18-9-20(29(31,32)33)12-21(10-18)30(34,35)36)41-27(39)38(16)15-19-14-28(2,3)7-5-22(19)23-13-24-17(6-8-37-24)11-25(23)40-4/h9-13,16,26,37H,5-8,14-15H2,1-4H3/t16-,26-/m0/s1. The van der Waals surface area contributed by atoms with Crippen molar-refractivity contribution in [3.05, 3.63) is 63.7 Å². The highest BCUT2D eigenvalue weighted by atomic mass is 19.4. The number of halogens is 6. The molecule has 222 valence electrons. The van der Waals surface area contributed by atoms with Crippen molar-refractivity contribution < 1.29 is 40.6 Å². The Bertz CT molecular complexity index is 1360. The number of rotatable bonds is 5. The highest BCUT2D eigenvalue weighted by molar-refractivity contribution is 5.80. The predicted molar refractivity (Wildman–Crippen MR) is 142 cm³/mol. The van der Waals surface area contributed by atoms with Crippen molar-refractivity contribution in [1.82, 2.24) is 4.90 Å². The minimum absolute atomic E-state index is 0.0722. The molecule has 1 N–H and O–H groups in total. The summed E-state index contributed by atoms with van der Waals surface area (Å²) in [4.78, 5) is 14.5. The fourth-order valence-corrected chi connectivity index (χ4v) is 6.13. The third kappa shape index (κ3) is 5.72. The number of nitrogens with zero attached hydrogens (tertiary/aromatic N) is 1. The molecule has 0 spiro atoms. The molecular weight excluding hydrogens is 550 g/mol. The van der Waals surface area contributed by atoms with Crippen LogP contribution in [0, 0.1) is 5.41 Å². The van der Waals surface area contributed by atoms with E-state index in [1.807, 2.05) is 6.07 Å². The quantitative estimate of drug-likeness (QED) is 0.361. The lowest BCUT2D eigenvalue weighted by Gasteiger charge is -2.36. The summed E-state index contributed by atoms with van der Waals surface area (Å²) in [5.41, 5.74) is 1.77. The Morgan fingerprint density at radius 3 is 2.29 bits per heavy atom. The highest BCUT2D eigenvalue weighted by Crippen LogP contribution is 2.47. The number of ether oxygens (including phenoxy) is 2. The van der Waals surface area contributed by atoms with Gasteiger partial charge in [-0.25, -0.2) is 4.79 Å². The minimum Gasteiger partial charge on any atom is -0.496 e. The number of benzene rings is 2. The smallest absolute Gasteiger partial charge is 0.416 e. The van der Waals surface area contributed by atoms with Crippen LogP contribution in [0.25, 0.3) is 5.57 Å². The summed E-state index contributed by atoms with van der Waals surface area (Å²) in [6.07, 6.45) is -8.93. The Kier molecular flexibility index (Phi) is 7.22. The molecule has 0 aromatic heterocycles. The van der Waals surface area contributed by atoms with Gasteiger partial charge in [-0.05, 0) is 90.6 Å². The number of alkyl halides is 6. The van der Waals surface area contributed by atoms with E-state index < -0.39 is 41.7 Å². The molecule has 2 aromatic rings. The third-order valence-electron chi connectivity index (χ3n) is 8.32. The Morgan fingerprint density at radius 1 is 1.02 bits per heavy atom. The van der Waals surface area contributed by atoms with Gasteiger partial charge >= 0.3 is 18.4 Å². The van der Waals surface area contributed by atoms with Gasteiger partial charge in [-0.3, -0.25) is 4.90 Å². The summed E-state index contributed by atoms with van der Waals surface area (Å²) in [6.45, 7) is 6.79. The van der Waals surface area contributed by atoms with Gasteiger partial charge in [-0.15, -0.1) is 0 Å². The molecule has 5 rings (SSSR count). The van der Waals surface area contributed by atoms with Crippen molar-refractivity contribution in [1.29, 1.82) is 0 Å². The number of nitrogens with one attached hydrogen (secondary N) is 1. The first kappa shape index (κ1) is 29.1. The van der Waals surface area contributed by atoms with Gasteiger partial charge in [0.2, 0.25) is 0 Å². The third-order valence-corrected chi connectivity index (χ3v) is 8.32.